The van der Waals surface area contributed by atoms with E-state index < -0.39 is 0 Å². The number of aromatic nitrogens is 3. The van der Waals surface area contributed by atoms with Crippen LogP contribution in [0.4, 0.5) is 0 Å². The summed E-state index contributed by atoms with van der Waals surface area (Å²) in [4.78, 5) is 9.03. The van der Waals surface area contributed by atoms with Gasteiger partial charge in [0.2, 0.25) is 0 Å². The fourth-order valence-corrected chi connectivity index (χ4v) is 2.72. The molecule has 1 atom stereocenters. The zero-order valence-electron chi connectivity index (χ0n) is 10.6. The number of pyridine rings is 1. The minimum absolute atomic E-state index is 0.0474. The van der Waals surface area contributed by atoms with Crippen LogP contribution in [-0.2, 0) is 4.74 Å². The van der Waals surface area contributed by atoms with Crippen LogP contribution in [0.15, 0.2) is 34.9 Å². The van der Waals surface area contributed by atoms with Crippen molar-refractivity contribution in [1.82, 2.24) is 14.5 Å². The van der Waals surface area contributed by atoms with Crippen LogP contribution < -0.4 is 0 Å². The molecule has 20 heavy (non-hydrogen) atoms. The van der Waals surface area contributed by atoms with Crippen molar-refractivity contribution in [3.05, 3.63) is 35.7 Å². The molecule has 0 saturated carbocycles. The van der Waals surface area contributed by atoms with Gasteiger partial charge in [0.25, 0.3) is 0 Å². The molecule has 0 spiro atoms. The highest BCUT2D eigenvalue weighted by molar-refractivity contribution is 6.28. The van der Waals surface area contributed by atoms with Gasteiger partial charge in [0, 0.05) is 12.8 Å². The number of nitrogens with zero attached hydrogens (tertiary/aromatic N) is 3. The average Bonchev–Trinajstić information content (AvgIpc) is 3.15. The van der Waals surface area contributed by atoms with E-state index in [1.807, 2.05) is 22.8 Å². The Morgan fingerprint density at radius 2 is 2.25 bits per heavy atom. The summed E-state index contributed by atoms with van der Waals surface area (Å²) < 4.78 is 13.3. The van der Waals surface area contributed by atoms with Crippen LogP contribution >= 0.6 is 11.6 Å². The van der Waals surface area contributed by atoms with Crippen molar-refractivity contribution >= 4 is 22.8 Å². The molecule has 5 nitrogen and oxygen atoms in total. The summed E-state index contributed by atoms with van der Waals surface area (Å²) in [7, 11) is 0. The number of ether oxygens (including phenoxy) is 1. The molecule has 1 aliphatic rings. The van der Waals surface area contributed by atoms with Crippen molar-refractivity contribution in [2.75, 3.05) is 6.61 Å². The largest absolute Gasteiger partial charge is 0.441 e. The first-order valence-electron chi connectivity index (χ1n) is 6.53. The minimum atomic E-state index is -0.0474. The van der Waals surface area contributed by atoms with Crippen LogP contribution in [0.25, 0.3) is 22.7 Å². The Bertz CT molecular complexity index is 759. The molecule has 1 aliphatic heterocycles. The number of imidazole rings is 1. The number of hydrogen-bond acceptors (Lipinski definition) is 4. The lowest BCUT2D eigenvalue weighted by atomic mass is 10.3. The van der Waals surface area contributed by atoms with E-state index in [0.29, 0.717) is 16.8 Å². The Balaban J connectivity index is 1.96. The zero-order chi connectivity index (χ0) is 13.5. The fourth-order valence-electron chi connectivity index (χ4n) is 2.57. The van der Waals surface area contributed by atoms with E-state index in [0.717, 1.165) is 30.6 Å². The molecule has 0 bridgehead atoms. The van der Waals surface area contributed by atoms with Crippen molar-refractivity contribution < 1.29 is 9.15 Å². The van der Waals surface area contributed by atoms with E-state index in [2.05, 4.69) is 9.97 Å². The Labute approximate surface area is 120 Å². The third-order valence-corrected chi connectivity index (χ3v) is 3.64. The quantitative estimate of drug-likeness (QED) is 0.722. The minimum Gasteiger partial charge on any atom is -0.441 e. The highest BCUT2D eigenvalue weighted by Crippen LogP contribution is 2.33. The topological polar surface area (TPSA) is 53.1 Å². The van der Waals surface area contributed by atoms with Crippen molar-refractivity contribution in [3.63, 3.8) is 0 Å². The summed E-state index contributed by atoms with van der Waals surface area (Å²) in [5.41, 5.74) is 1.63. The summed E-state index contributed by atoms with van der Waals surface area (Å²) in [6.45, 7) is 0.759. The van der Waals surface area contributed by atoms with Gasteiger partial charge in [0.1, 0.15) is 11.7 Å². The van der Waals surface area contributed by atoms with E-state index in [9.17, 15) is 0 Å². The molecular weight excluding hydrogens is 278 g/mol. The summed E-state index contributed by atoms with van der Waals surface area (Å²) in [6, 6.07) is 7.33. The second kappa shape index (κ2) is 4.61. The molecule has 4 rings (SSSR count). The van der Waals surface area contributed by atoms with Gasteiger partial charge in [-0.2, -0.15) is 0 Å². The highest BCUT2D eigenvalue weighted by Gasteiger charge is 2.25. The van der Waals surface area contributed by atoms with Gasteiger partial charge in [0.15, 0.2) is 22.5 Å². The standard InChI is InChI=1S/C14H12ClN3O2/c15-11-6-5-10(20-11)14-17-9-3-1-7-16-13(9)18(14)12-4-2-8-19-12/h1,3,5-7,12H,2,4,8H2. The fraction of sp³-hybridized carbons (Fsp3) is 0.286. The number of furan rings is 1. The smallest absolute Gasteiger partial charge is 0.194 e. The zero-order valence-corrected chi connectivity index (χ0v) is 11.4. The second-order valence-electron chi connectivity index (χ2n) is 4.72. The van der Waals surface area contributed by atoms with Crippen LogP contribution in [0.2, 0.25) is 5.22 Å². The Hall–Kier alpha value is -1.85. The van der Waals surface area contributed by atoms with Crippen molar-refractivity contribution in [2.24, 2.45) is 0 Å². The summed E-state index contributed by atoms with van der Waals surface area (Å²) in [5, 5.41) is 0.346. The molecule has 0 aromatic carbocycles. The van der Waals surface area contributed by atoms with E-state index in [1.54, 1.807) is 12.3 Å². The Kier molecular flexibility index (Phi) is 2.75. The molecule has 4 heterocycles. The van der Waals surface area contributed by atoms with Gasteiger partial charge in [-0.1, -0.05) is 0 Å². The predicted molar refractivity (Wildman–Crippen MR) is 74.5 cm³/mol. The van der Waals surface area contributed by atoms with E-state index in [4.69, 9.17) is 20.8 Å². The molecule has 1 fully saturated rings. The van der Waals surface area contributed by atoms with E-state index in [-0.39, 0.29) is 6.23 Å². The molecule has 0 radical (unpaired) electrons. The van der Waals surface area contributed by atoms with Gasteiger partial charge in [0.05, 0.1) is 0 Å². The van der Waals surface area contributed by atoms with Gasteiger partial charge in [-0.15, -0.1) is 0 Å². The van der Waals surface area contributed by atoms with Gasteiger partial charge < -0.3 is 9.15 Å². The third-order valence-electron chi connectivity index (χ3n) is 3.44. The molecule has 0 N–H and O–H groups in total. The maximum atomic E-state index is 5.87. The van der Waals surface area contributed by atoms with Crippen molar-refractivity contribution in [3.8, 4) is 11.6 Å². The van der Waals surface area contributed by atoms with E-state index in [1.165, 1.54) is 0 Å². The molecule has 1 unspecified atom stereocenters. The summed E-state index contributed by atoms with van der Waals surface area (Å²) in [6.07, 6.45) is 3.70. The first-order valence-corrected chi connectivity index (χ1v) is 6.91. The molecule has 3 aromatic heterocycles. The van der Waals surface area contributed by atoms with Gasteiger partial charge >= 0.3 is 0 Å². The van der Waals surface area contributed by atoms with Crippen LogP contribution in [0, 0.1) is 0 Å². The van der Waals surface area contributed by atoms with Crippen LogP contribution in [0.3, 0.4) is 0 Å². The van der Waals surface area contributed by atoms with Crippen molar-refractivity contribution in [2.45, 2.75) is 19.1 Å². The van der Waals surface area contributed by atoms with Gasteiger partial charge in [-0.25, -0.2) is 9.97 Å². The van der Waals surface area contributed by atoms with Crippen LogP contribution in [0.1, 0.15) is 19.1 Å². The lowest BCUT2D eigenvalue weighted by molar-refractivity contribution is 0.0603. The first kappa shape index (κ1) is 11.9. The molecule has 0 aliphatic carbocycles. The number of rotatable bonds is 2. The third kappa shape index (κ3) is 1.82. The monoisotopic (exact) mass is 289 g/mol. The molecule has 0 amide bonds. The Morgan fingerprint density at radius 3 is 3.00 bits per heavy atom. The molecule has 6 heteroatoms. The highest BCUT2D eigenvalue weighted by atomic mass is 35.5. The normalized spacial score (nSPS) is 18.9. The maximum Gasteiger partial charge on any atom is 0.194 e. The average molecular weight is 290 g/mol. The lowest BCUT2D eigenvalue weighted by Crippen LogP contribution is -2.09. The molecular formula is C14H12ClN3O2. The van der Waals surface area contributed by atoms with Gasteiger partial charge in [-0.3, -0.25) is 4.57 Å². The molecule has 1 saturated heterocycles. The van der Waals surface area contributed by atoms with Gasteiger partial charge in [-0.05, 0) is 48.7 Å². The second-order valence-corrected chi connectivity index (χ2v) is 5.10. The van der Waals surface area contributed by atoms with Crippen LogP contribution in [-0.4, -0.2) is 21.1 Å². The van der Waals surface area contributed by atoms with Crippen LogP contribution in [0.5, 0.6) is 0 Å². The van der Waals surface area contributed by atoms with Crippen molar-refractivity contribution in [1.29, 1.82) is 0 Å². The summed E-state index contributed by atoms with van der Waals surface area (Å²) >= 11 is 5.87. The molecule has 3 aromatic rings. The SMILES string of the molecule is Clc1ccc(-c2nc3cccnc3n2C2CCCO2)o1. The lowest BCUT2D eigenvalue weighted by Gasteiger charge is -2.14. The Morgan fingerprint density at radius 1 is 1.30 bits per heavy atom. The maximum absolute atomic E-state index is 5.87. The van der Waals surface area contributed by atoms with E-state index >= 15 is 0 Å². The number of fused-ring (bicyclic) bond motifs is 1. The predicted octanol–water partition coefficient (Wildman–Crippen LogP) is 3.65. The molecule has 102 valence electrons. The first-order chi connectivity index (χ1) is 9.83. The summed E-state index contributed by atoms with van der Waals surface area (Å²) in [5.74, 6) is 1.33. The number of hydrogen-bond donors (Lipinski definition) is 0. The number of halogens is 1.